The Kier molecular flexibility index (Phi) is 3.62. The second-order valence-corrected chi connectivity index (χ2v) is 4.90. The molecule has 0 aromatic heterocycles. The molecule has 2 saturated heterocycles. The lowest BCUT2D eigenvalue weighted by molar-refractivity contribution is -0.145. The number of hydrogen-bond acceptors (Lipinski definition) is 3. The first-order chi connectivity index (χ1) is 7.28. The zero-order chi connectivity index (χ0) is 10.7. The molecular formula is C12H21NO2. The molecule has 15 heavy (non-hydrogen) atoms. The summed E-state index contributed by atoms with van der Waals surface area (Å²) in [5.74, 6) is 0.566. The lowest BCUT2D eigenvalue weighted by Crippen LogP contribution is -2.38. The highest BCUT2D eigenvalue weighted by Gasteiger charge is 2.34. The zero-order valence-electron chi connectivity index (χ0n) is 9.50. The second-order valence-electron chi connectivity index (χ2n) is 4.90. The fourth-order valence-electron chi connectivity index (χ4n) is 2.85. The normalized spacial score (nSPS) is 34.1. The molecule has 0 radical (unpaired) electrons. The molecule has 2 aliphatic rings. The molecule has 2 fully saturated rings. The Morgan fingerprint density at radius 3 is 2.60 bits per heavy atom. The molecule has 2 aliphatic heterocycles. The minimum atomic E-state index is 0.00292. The van der Waals surface area contributed by atoms with Crippen LogP contribution in [0.4, 0.5) is 0 Å². The van der Waals surface area contributed by atoms with Crippen molar-refractivity contribution in [1.82, 2.24) is 5.32 Å². The van der Waals surface area contributed by atoms with Gasteiger partial charge in [-0.2, -0.15) is 0 Å². The van der Waals surface area contributed by atoms with Crippen LogP contribution in [0, 0.1) is 5.92 Å². The number of carbonyl (C=O) groups is 1. The third kappa shape index (κ3) is 2.94. The van der Waals surface area contributed by atoms with Crippen LogP contribution in [0.15, 0.2) is 0 Å². The van der Waals surface area contributed by atoms with Crippen molar-refractivity contribution in [1.29, 1.82) is 0 Å². The molecule has 2 unspecified atom stereocenters. The fraction of sp³-hybridized carbons (Fsp3) is 0.917. The van der Waals surface area contributed by atoms with E-state index in [4.69, 9.17) is 4.74 Å². The van der Waals surface area contributed by atoms with Gasteiger partial charge in [0.2, 0.25) is 0 Å². The van der Waals surface area contributed by atoms with Crippen LogP contribution in [0.5, 0.6) is 0 Å². The minimum absolute atomic E-state index is 0.00292. The van der Waals surface area contributed by atoms with Gasteiger partial charge in [-0.25, -0.2) is 0 Å². The summed E-state index contributed by atoms with van der Waals surface area (Å²) in [4.78, 5) is 11.5. The molecule has 2 atom stereocenters. The molecule has 2 heterocycles. The van der Waals surface area contributed by atoms with Gasteiger partial charge in [0.25, 0.3) is 0 Å². The molecule has 0 amide bonds. The molecule has 2 bridgehead atoms. The Balaban J connectivity index is 1.73. The number of ether oxygens (including phenoxy) is 1. The lowest BCUT2D eigenvalue weighted by Gasteiger charge is -2.28. The Bertz CT molecular complexity index is 218. The van der Waals surface area contributed by atoms with Crippen LogP contribution in [0.25, 0.3) is 0 Å². The van der Waals surface area contributed by atoms with E-state index in [9.17, 15) is 4.79 Å². The second kappa shape index (κ2) is 4.97. The van der Waals surface area contributed by atoms with Gasteiger partial charge in [0.15, 0.2) is 0 Å². The molecule has 1 N–H and O–H groups in total. The van der Waals surface area contributed by atoms with Gasteiger partial charge in [0, 0.05) is 18.5 Å². The Morgan fingerprint density at radius 2 is 2.00 bits per heavy atom. The fourth-order valence-corrected chi connectivity index (χ4v) is 2.85. The van der Waals surface area contributed by atoms with Gasteiger partial charge in [-0.1, -0.05) is 6.92 Å². The summed E-state index contributed by atoms with van der Waals surface area (Å²) >= 11 is 0. The molecule has 86 valence electrons. The van der Waals surface area contributed by atoms with Gasteiger partial charge in [-0.05, 0) is 38.0 Å². The molecule has 3 heteroatoms. The molecule has 0 aromatic rings. The van der Waals surface area contributed by atoms with Crippen molar-refractivity contribution in [3.63, 3.8) is 0 Å². The van der Waals surface area contributed by atoms with E-state index in [0.717, 1.165) is 19.3 Å². The van der Waals surface area contributed by atoms with Gasteiger partial charge in [0.05, 0.1) is 6.61 Å². The smallest absolute Gasteiger partial charge is 0.306 e. The van der Waals surface area contributed by atoms with E-state index in [0.29, 0.717) is 31.0 Å². The summed E-state index contributed by atoms with van der Waals surface area (Å²) in [6, 6.07) is 1.35. The van der Waals surface area contributed by atoms with Crippen LogP contribution in [0.1, 0.15) is 45.4 Å². The summed E-state index contributed by atoms with van der Waals surface area (Å²) in [6.07, 6.45) is 6.48. The van der Waals surface area contributed by atoms with Gasteiger partial charge < -0.3 is 10.1 Å². The number of nitrogens with one attached hydrogen (secondary N) is 1. The van der Waals surface area contributed by atoms with E-state index < -0.39 is 0 Å². The highest BCUT2D eigenvalue weighted by molar-refractivity contribution is 5.69. The van der Waals surface area contributed by atoms with E-state index in [1.54, 1.807) is 0 Å². The maximum Gasteiger partial charge on any atom is 0.306 e. The molecule has 3 nitrogen and oxygen atoms in total. The van der Waals surface area contributed by atoms with Gasteiger partial charge >= 0.3 is 5.97 Å². The summed E-state index contributed by atoms with van der Waals surface area (Å²) < 4.78 is 5.13. The third-order valence-corrected chi connectivity index (χ3v) is 3.49. The van der Waals surface area contributed by atoms with Crippen molar-refractivity contribution in [2.75, 3.05) is 6.61 Å². The molecule has 0 saturated carbocycles. The predicted octanol–water partition coefficient (Wildman–Crippen LogP) is 1.86. The van der Waals surface area contributed by atoms with E-state index in [-0.39, 0.29) is 5.97 Å². The van der Waals surface area contributed by atoms with Crippen molar-refractivity contribution in [2.45, 2.75) is 57.5 Å². The third-order valence-electron chi connectivity index (χ3n) is 3.49. The van der Waals surface area contributed by atoms with Crippen LogP contribution < -0.4 is 5.32 Å². The Hall–Kier alpha value is -0.570. The number of piperidine rings is 1. The van der Waals surface area contributed by atoms with E-state index >= 15 is 0 Å². The van der Waals surface area contributed by atoms with Crippen LogP contribution in [-0.2, 0) is 9.53 Å². The minimum Gasteiger partial charge on any atom is -0.466 e. The number of esters is 1. The standard InChI is InChI=1S/C12H21NO2/c1-2-5-15-12(14)8-9-6-10-3-4-11(7-9)13-10/h9-11,13H,2-8H2,1H3. The molecule has 0 spiro atoms. The average molecular weight is 211 g/mol. The first kappa shape index (κ1) is 10.9. The number of rotatable bonds is 4. The van der Waals surface area contributed by atoms with Crippen molar-refractivity contribution in [3.05, 3.63) is 0 Å². The summed E-state index contributed by atoms with van der Waals surface area (Å²) in [5.41, 5.74) is 0. The predicted molar refractivity (Wildman–Crippen MR) is 58.5 cm³/mol. The van der Waals surface area contributed by atoms with Crippen LogP contribution in [0.2, 0.25) is 0 Å². The largest absolute Gasteiger partial charge is 0.466 e. The maximum absolute atomic E-state index is 11.5. The number of hydrogen-bond donors (Lipinski definition) is 1. The van der Waals surface area contributed by atoms with Crippen LogP contribution >= 0.6 is 0 Å². The van der Waals surface area contributed by atoms with E-state index in [1.807, 2.05) is 6.92 Å². The van der Waals surface area contributed by atoms with Gasteiger partial charge in [-0.15, -0.1) is 0 Å². The Morgan fingerprint density at radius 1 is 1.33 bits per heavy atom. The first-order valence-corrected chi connectivity index (χ1v) is 6.19. The molecule has 2 rings (SSSR count). The van der Waals surface area contributed by atoms with E-state index in [1.165, 1.54) is 12.8 Å². The topological polar surface area (TPSA) is 38.3 Å². The summed E-state index contributed by atoms with van der Waals surface area (Å²) in [7, 11) is 0. The average Bonchev–Trinajstić information content (AvgIpc) is 2.55. The van der Waals surface area contributed by atoms with Crippen molar-refractivity contribution >= 4 is 5.97 Å². The quantitative estimate of drug-likeness (QED) is 0.721. The van der Waals surface area contributed by atoms with Crippen LogP contribution in [0.3, 0.4) is 0 Å². The highest BCUT2D eigenvalue weighted by Crippen LogP contribution is 2.32. The molecular weight excluding hydrogens is 190 g/mol. The summed E-state index contributed by atoms with van der Waals surface area (Å²) in [6.45, 7) is 2.61. The molecule has 0 aliphatic carbocycles. The highest BCUT2D eigenvalue weighted by atomic mass is 16.5. The Labute approximate surface area is 91.6 Å². The monoisotopic (exact) mass is 211 g/mol. The SMILES string of the molecule is CCCOC(=O)CC1CC2CCC(C1)N2. The number of carbonyl (C=O) groups excluding carboxylic acids is 1. The van der Waals surface area contributed by atoms with Crippen molar-refractivity contribution in [3.8, 4) is 0 Å². The lowest BCUT2D eigenvalue weighted by atomic mass is 9.90. The zero-order valence-corrected chi connectivity index (χ0v) is 9.50. The molecule has 0 aromatic carbocycles. The summed E-state index contributed by atoms with van der Waals surface area (Å²) in [5, 5.41) is 3.58. The number of fused-ring (bicyclic) bond motifs is 2. The maximum atomic E-state index is 11.5. The first-order valence-electron chi connectivity index (χ1n) is 6.19. The van der Waals surface area contributed by atoms with E-state index in [2.05, 4.69) is 5.32 Å². The van der Waals surface area contributed by atoms with Crippen molar-refractivity contribution < 1.29 is 9.53 Å². The van der Waals surface area contributed by atoms with Crippen molar-refractivity contribution in [2.24, 2.45) is 5.92 Å². The van der Waals surface area contributed by atoms with Gasteiger partial charge in [0.1, 0.15) is 0 Å². The van der Waals surface area contributed by atoms with Crippen LogP contribution in [-0.4, -0.2) is 24.7 Å². The van der Waals surface area contributed by atoms with Gasteiger partial charge in [-0.3, -0.25) is 4.79 Å².